The number of aromatic amines is 2. The van der Waals surface area contributed by atoms with Crippen LogP contribution in [-0.4, -0.2) is 35.1 Å². The molecule has 30 heavy (non-hydrogen) atoms. The summed E-state index contributed by atoms with van der Waals surface area (Å²) >= 11 is 1.77. The van der Waals surface area contributed by atoms with Gasteiger partial charge in [-0.3, -0.25) is 20.1 Å². The lowest BCUT2D eigenvalue weighted by Crippen LogP contribution is -1.86. The zero-order chi connectivity index (χ0) is 20.1. The van der Waals surface area contributed by atoms with Gasteiger partial charge in [-0.25, -0.2) is 4.98 Å². The second kappa shape index (κ2) is 6.57. The van der Waals surface area contributed by atoms with Crippen molar-refractivity contribution in [2.75, 3.05) is 0 Å². The largest absolute Gasteiger partial charge is 0.352 e. The van der Waals surface area contributed by atoms with Gasteiger partial charge in [0.15, 0.2) is 5.65 Å². The molecule has 6 heterocycles. The molecule has 6 aromatic heterocycles. The Morgan fingerprint density at radius 3 is 2.70 bits per heavy atom. The monoisotopic (exact) mass is 409 g/mol. The molecule has 2 N–H and O–H groups in total. The fourth-order valence-electron chi connectivity index (χ4n) is 3.65. The van der Waals surface area contributed by atoms with Crippen LogP contribution in [0.2, 0.25) is 0 Å². The molecule has 8 heteroatoms. The quantitative estimate of drug-likeness (QED) is 0.429. The predicted molar refractivity (Wildman–Crippen MR) is 118 cm³/mol. The summed E-state index contributed by atoms with van der Waals surface area (Å²) in [6.45, 7) is 2.11. The summed E-state index contributed by atoms with van der Waals surface area (Å²) in [7, 11) is 0. The van der Waals surface area contributed by atoms with Crippen molar-refractivity contribution in [3.05, 3.63) is 66.3 Å². The van der Waals surface area contributed by atoms with Crippen molar-refractivity contribution in [2.45, 2.75) is 6.92 Å². The van der Waals surface area contributed by atoms with Crippen molar-refractivity contribution in [1.29, 1.82) is 0 Å². The smallest absolute Gasteiger partial charge is 0.155 e. The summed E-state index contributed by atoms with van der Waals surface area (Å²) in [5, 5.41) is 9.60. The van der Waals surface area contributed by atoms with Crippen molar-refractivity contribution in [3.8, 4) is 33.1 Å². The molecule has 0 radical (unpaired) electrons. The van der Waals surface area contributed by atoms with Crippen molar-refractivity contribution in [1.82, 2.24) is 35.1 Å². The molecule has 0 spiro atoms. The van der Waals surface area contributed by atoms with Crippen LogP contribution in [0.25, 0.3) is 55.0 Å². The van der Waals surface area contributed by atoms with Crippen molar-refractivity contribution in [2.24, 2.45) is 0 Å². The van der Waals surface area contributed by atoms with E-state index in [1.165, 1.54) is 9.75 Å². The first-order chi connectivity index (χ1) is 14.8. The van der Waals surface area contributed by atoms with Crippen LogP contribution < -0.4 is 0 Å². The lowest BCUT2D eigenvalue weighted by Gasteiger charge is -2.00. The van der Waals surface area contributed by atoms with Gasteiger partial charge in [0, 0.05) is 56.4 Å². The van der Waals surface area contributed by atoms with Gasteiger partial charge >= 0.3 is 0 Å². The van der Waals surface area contributed by atoms with Crippen molar-refractivity contribution in [3.63, 3.8) is 0 Å². The molecule has 0 aromatic carbocycles. The highest BCUT2D eigenvalue weighted by atomic mass is 32.1. The van der Waals surface area contributed by atoms with E-state index in [2.05, 4.69) is 60.2 Å². The Hall–Kier alpha value is -3.91. The summed E-state index contributed by atoms with van der Waals surface area (Å²) in [5.41, 5.74) is 6.21. The topological polar surface area (TPSA) is 96.0 Å². The molecule has 7 nitrogen and oxygen atoms in total. The molecule has 0 bridgehead atoms. The number of hydrogen-bond donors (Lipinski definition) is 2. The average Bonchev–Trinajstić information content (AvgIpc) is 3.51. The number of H-pyrrole nitrogens is 2. The summed E-state index contributed by atoms with van der Waals surface area (Å²) < 4.78 is 0. The normalized spacial score (nSPS) is 11.5. The Morgan fingerprint density at radius 2 is 1.87 bits per heavy atom. The van der Waals surface area contributed by atoms with E-state index in [1.807, 2.05) is 18.5 Å². The summed E-state index contributed by atoms with van der Waals surface area (Å²) in [5.74, 6) is 0. The number of hydrogen-bond acceptors (Lipinski definition) is 6. The maximum absolute atomic E-state index is 4.53. The Labute approximate surface area is 174 Å². The average molecular weight is 409 g/mol. The summed E-state index contributed by atoms with van der Waals surface area (Å²) in [6.07, 6.45) is 10.6. The number of nitrogens with zero attached hydrogens (tertiary/aromatic N) is 5. The maximum Gasteiger partial charge on any atom is 0.155 e. The third-order valence-electron chi connectivity index (χ3n) is 5.08. The molecule has 0 amide bonds. The van der Waals surface area contributed by atoms with E-state index in [0.29, 0.717) is 0 Å². The van der Waals surface area contributed by atoms with E-state index in [1.54, 1.807) is 36.1 Å². The number of aryl methyl sites for hydroxylation is 1. The van der Waals surface area contributed by atoms with Gasteiger partial charge in [0.05, 0.1) is 29.3 Å². The van der Waals surface area contributed by atoms with Crippen LogP contribution in [-0.2, 0) is 0 Å². The molecule has 0 saturated heterocycles. The molecule has 0 atom stereocenters. The lowest BCUT2D eigenvalue weighted by molar-refractivity contribution is 1.10. The Balaban J connectivity index is 1.52. The highest BCUT2D eigenvalue weighted by molar-refractivity contribution is 7.15. The number of aromatic nitrogens is 7. The highest BCUT2D eigenvalue weighted by Gasteiger charge is 2.16. The first kappa shape index (κ1) is 17.0. The molecule has 0 unspecified atom stereocenters. The molecular formula is C22H15N7S. The zero-order valence-corrected chi connectivity index (χ0v) is 16.7. The van der Waals surface area contributed by atoms with Gasteiger partial charge in [0.25, 0.3) is 0 Å². The summed E-state index contributed by atoms with van der Waals surface area (Å²) in [6, 6.07) is 8.45. The van der Waals surface area contributed by atoms with Gasteiger partial charge in [0.2, 0.25) is 0 Å². The van der Waals surface area contributed by atoms with E-state index in [-0.39, 0.29) is 0 Å². The van der Waals surface area contributed by atoms with Gasteiger partial charge in [-0.05, 0) is 31.2 Å². The Bertz CT molecular complexity index is 1510. The molecule has 144 valence electrons. The van der Waals surface area contributed by atoms with Crippen LogP contribution in [0.4, 0.5) is 0 Å². The second-order valence-electron chi connectivity index (χ2n) is 7.02. The lowest BCUT2D eigenvalue weighted by atomic mass is 10.1. The van der Waals surface area contributed by atoms with Gasteiger partial charge in [-0.2, -0.15) is 5.10 Å². The molecule has 0 fully saturated rings. The standard InChI is InChI=1S/C22H15N7S/c1-12-2-3-20(30-12)16-9-24-11-19-14(16)7-17(27-19)21-15-6-13(8-26-22(15)29-28-21)18-10-23-4-5-25-18/h2-11,27H,1H3,(H,26,28,29). The third kappa shape index (κ3) is 2.69. The van der Waals surface area contributed by atoms with Crippen LogP contribution in [0.1, 0.15) is 4.88 Å². The maximum atomic E-state index is 4.53. The Morgan fingerprint density at radius 1 is 0.900 bits per heavy atom. The van der Waals surface area contributed by atoms with Gasteiger partial charge < -0.3 is 4.98 Å². The van der Waals surface area contributed by atoms with Crippen LogP contribution in [0.5, 0.6) is 0 Å². The van der Waals surface area contributed by atoms with Crippen LogP contribution in [0.3, 0.4) is 0 Å². The van der Waals surface area contributed by atoms with Crippen LogP contribution in [0.15, 0.2) is 61.4 Å². The zero-order valence-electron chi connectivity index (χ0n) is 15.9. The number of thiophene rings is 1. The first-order valence-corrected chi connectivity index (χ1v) is 10.2. The molecule has 0 saturated carbocycles. The van der Waals surface area contributed by atoms with Crippen LogP contribution in [0, 0.1) is 6.92 Å². The minimum atomic E-state index is 0.725. The van der Waals surface area contributed by atoms with Crippen LogP contribution >= 0.6 is 11.3 Å². The van der Waals surface area contributed by atoms with Crippen molar-refractivity contribution < 1.29 is 0 Å². The minimum Gasteiger partial charge on any atom is -0.352 e. The highest BCUT2D eigenvalue weighted by Crippen LogP contribution is 2.36. The molecular weight excluding hydrogens is 394 g/mol. The predicted octanol–water partition coefficient (Wildman–Crippen LogP) is 5.00. The molecule has 6 rings (SSSR count). The van der Waals surface area contributed by atoms with E-state index in [0.717, 1.165) is 50.1 Å². The van der Waals surface area contributed by atoms with Gasteiger partial charge in [-0.15, -0.1) is 11.3 Å². The fraction of sp³-hybridized carbons (Fsp3) is 0.0455. The Kier molecular flexibility index (Phi) is 3.72. The molecule has 6 aromatic rings. The number of nitrogens with one attached hydrogen (secondary N) is 2. The second-order valence-corrected chi connectivity index (χ2v) is 8.31. The number of rotatable bonds is 3. The number of pyridine rings is 2. The molecule has 0 aliphatic rings. The van der Waals surface area contributed by atoms with Crippen molar-refractivity contribution >= 4 is 33.3 Å². The SMILES string of the molecule is Cc1ccc(-c2cncc3[nH]c(-c4n[nH]c5ncc(-c6cnccn6)cc45)cc23)s1. The molecule has 0 aliphatic carbocycles. The van der Waals surface area contributed by atoms with Gasteiger partial charge in [-0.1, -0.05) is 0 Å². The first-order valence-electron chi connectivity index (χ1n) is 9.41. The molecule has 0 aliphatic heterocycles. The fourth-order valence-corrected chi connectivity index (χ4v) is 4.54. The van der Waals surface area contributed by atoms with E-state index >= 15 is 0 Å². The van der Waals surface area contributed by atoms with Gasteiger partial charge in [0.1, 0.15) is 5.69 Å². The van der Waals surface area contributed by atoms with E-state index in [4.69, 9.17) is 0 Å². The van der Waals surface area contributed by atoms with E-state index < -0.39 is 0 Å². The minimum absolute atomic E-state index is 0.725. The third-order valence-corrected chi connectivity index (χ3v) is 6.12. The number of fused-ring (bicyclic) bond motifs is 2. The van der Waals surface area contributed by atoms with E-state index in [9.17, 15) is 0 Å². The summed E-state index contributed by atoms with van der Waals surface area (Å²) in [4.78, 5) is 23.4.